The van der Waals surface area contributed by atoms with Crippen LogP contribution in [0.5, 0.6) is 0 Å². The van der Waals surface area contributed by atoms with Crippen LogP contribution in [0.25, 0.3) is 17.2 Å². The Kier molecular flexibility index (Phi) is 2.33. The lowest BCUT2D eigenvalue weighted by Gasteiger charge is -2.00. The van der Waals surface area contributed by atoms with Gasteiger partial charge in [-0.3, -0.25) is 0 Å². The highest BCUT2D eigenvalue weighted by Crippen LogP contribution is 2.17. The topological polar surface area (TPSA) is 69.6 Å². The Morgan fingerprint density at radius 3 is 2.94 bits per heavy atom. The molecular weight excluding hydrogens is 234 g/mol. The van der Waals surface area contributed by atoms with Gasteiger partial charge in [0.15, 0.2) is 17.1 Å². The molecule has 0 radical (unpaired) electrons. The lowest BCUT2D eigenvalue weighted by Crippen LogP contribution is -2.08. The molecule has 0 saturated heterocycles. The van der Waals surface area contributed by atoms with E-state index >= 15 is 0 Å². The van der Waals surface area contributed by atoms with Crippen LogP contribution in [0.15, 0.2) is 41.0 Å². The Balaban J connectivity index is 2.20. The molecule has 0 unspecified atom stereocenters. The number of furan rings is 1. The zero-order valence-electron chi connectivity index (χ0n) is 9.53. The predicted molar refractivity (Wildman–Crippen MR) is 62.0 cm³/mol. The number of fused-ring (bicyclic) bond motifs is 1. The normalized spacial score (nSPS) is 10.7. The highest BCUT2D eigenvalue weighted by Gasteiger charge is 2.15. The standard InChI is InChI=1S/C12H9N3O3/c1-17-12(16)8-4-2-6-10-13-11(14-15(8)10)9-5-3-7-18-9/h2-7H,1H3. The van der Waals surface area contributed by atoms with E-state index in [0.717, 1.165) is 0 Å². The number of esters is 1. The van der Waals surface area contributed by atoms with E-state index in [1.165, 1.54) is 11.6 Å². The molecule has 6 nitrogen and oxygen atoms in total. The fraction of sp³-hybridized carbons (Fsp3) is 0.0833. The first-order chi connectivity index (χ1) is 8.79. The highest BCUT2D eigenvalue weighted by molar-refractivity contribution is 5.88. The first-order valence-corrected chi connectivity index (χ1v) is 5.27. The summed E-state index contributed by atoms with van der Waals surface area (Å²) in [6.07, 6.45) is 1.54. The monoisotopic (exact) mass is 243 g/mol. The van der Waals surface area contributed by atoms with Crippen LogP contribution in [-0.2, 0) is 4.74 Å². The molecule has 0 spiro atoms. The van der Waals surface area contributed by atoms with Crippen molar-refractivity contribution in [2.45, 2.75) is 0 Å². The van der Waals surface area contributed by atoms with Gasteiger partial charge >= 0.3 is 5.97 Å². The molecular formula is C12H9N3O3. The number of methoxy groups -OCH3 is 1. The fourth-order valence-corrected chi connectivity index (χ4v) is 1.67. The average Bonchev–Trinajstić information content (AvgIpc) is 3.04. The Morgan fingerprint density at radius 2 is 2.22 bits per heavy atom. The molecule has 0 atom stereocenters. The lowest BCUT2D eigenvalue weighted by molar-refractivity contribution is 0.0591. The minimum atomic E-state index is -0.462. The van der Waals surface area contributed by atoms with E-state index in [1.54, 1.807) is 36.6 Å². The zero-order chi connectivity index (χ0) is 12.5. The molecule has 90 valence electrons. The maximum atomic E-state index is 11.6. The summed E-state index contributed by atoms with van der Waals surface area (Å²) in [6, 6.07) is 8.61. The van der Waals surface area contributed by atoms with Crippen molar-refractivity contribution < 1.29 is 13.9 Å². The van der Waals surface area contributed by atoms with Crippen LogP contribution in [0.3, 0.4) is 0 Å². The maximum Gasteiger partial charge on any atom is 0.356 e. The molecule has 0 fully saturated rings. The number of carbonyl (C=O) groups is 1. The van der Waals surface area contributed by atoms with Gasteiger partial charge in [0.2, 0.25) is 5.82 Å². The van der Waals surface area contributed by atoms with Gasteiger partial charge in [-0.15, -0.1) is 5.10 Å². The number of hydrogen-bond donors (Lipinski definition) is 0. The van der Waals surface area contributed by atoms with Gasteiger partial charge in [0.05, 0.1) is 13.4 Å². The number of hydrogen-bond acceptors (Lipinski definition) is 5. The van der Waals surface area contributed by atoms with E-state index in [4.69, 9.17) is 9.15 Å². The van der Waals surface area contributed by atoms with Crippen molar-refractivity contribution in [3.63, 3.8) is 0 Å². The molecule has 6 heteroatoms. The van der Waals surface area contributed by atoms with E-state index in [9.17, 15) is 4.79 Å². The van der Waals surface area contributed by atoms with Gasteiger partial charge in [0.25, 0.3) is 0 Å². The second kappa shape index (κ2) is 3.99. The molecule has 0 amide bonds. The summed E-state index contributed by atoms with van der Waals surface area (Å²) in [5.41, 5.74) is 0.879. The Labute approximate surface area is 102 Å². The molecule has 0 aromatic carbocycles. The molecule has 3 rings (SSSR count). The number of ether oxygens (including phenoxy) is 1. The van der Waals surface area contributed by atoms with Crippen LogP contribution >= 0.6 is 0 Å². The molecule has 3 aromatic rings. The molecule has 0 aliphatic rings. The second-order valence-corrected chi connectivity index (χ2v) is 3.59. The third-order valence-corrected chi connectivity index (χ3v) is 2.50. The molecule has 0 saturated carbocycles. The van der Waals surface area contributed by atoms with Crippen molar-refractivity contribution in [3.05, 3.63) is 42.3 Å². The summed E-state index contributed by atoms with van der Waals surface area (Å²) in [5, 5.41) is 4.24. The van der Waals surface area contributed by atoms with Gasteiger partial charge in [0.1, 0.15) is 0 Å². The van der Waals surface area contributed by atoms with Crippen LogP contribution in [-0.4, -0.2) is 27.7 Å². The van der Waals surface area contributed by atoms with Gasteiger partial charge in [0, 0.05) is 0 Å². The predicted octanol–water partition coefficient (Wildman–Crippen LogP) is 1.78. The smallest absolute Gasteiger partial charge is 0.356 e. The molecule has 0 N–H and O–H groups in total. The summed E-state index contributed by atoms with van der Waals surface area (Å²) in [5.74, 6) is 0.516. The summed E-state index contributed by atoms with van der Waals surface area (Å²) >= 11 is 0. The first kappa shape index (κ1) is 10.5. The molecule has 3 heterocycles. The maximum absolute atomic E-state index is 11.6. The van der Waals surface area contributed by atoms with Crippen molar-refractivity contribution in [2.75, 3.05) is 7.11 Å². The quantitative estimate of drug-likeness (QED) is 0.641. The van der Waals surface area contributed by atoms with E-state index < -0.39 is 5.97 Å². The van der Waals surface area contributed by atoms with Crippen molar-refractivity contribution in [1.29, 1.82) is 0 Å². The van der Waals surface area contributed by atoms with Crippen molar-refractivity contribution >= 4 is 11.6 Å². The second-order valence-electron chi connectivity index (χ2n) is 3.59. The minimum absolute atomic E-state index is 0.320. The third kappa shape index (κ3) is 1.55. The number of pyridine rings is 1. The summed E-state index contributed by atoms with van der Waals surface area (Å²) in [7, 11) is 1.32. The SMILES string of the molecule is COC(=O)c1cccc2nc(-c3ccco3)nn12. The largest absolute Gasteiger partial charge is 0.464 e. The van der Waals surface area contributed by atoms with Gasteiger partial charge in [-0.25, -0.2) is 14.3 Å². The lowest BCUT2D eigenvalue weighted by atomic mass is 10.3. The zero-order valence-corrected chi connectivity index (χ0v) is 9.53. The fourth-order valence-electron chi connectivity index (χ4n) is 1.67. The van der Waals surface area contributed by atoms with Crippen LogP contribution in [0.1, 0.15) is 10.5 Å². The Hall–Kier alpha value is -2.63. The molecule has 0 aliphatic heterocycles. The summed E-state index contributed by atoms with van der Waals surface area (Å²) in [6.45, 7) is 0. The molecule has 18 heavy (non-hydrogen) atoms. The minimum Gasteiger partial charge on any atom is -0.464 e. The van der Waals surface area contributed by atoms with Gasteiger partial charge in [-0.2, -0.15) is 0 Å². The third-order valence-electron chi connectivity index (χ3n) is 2.50. The number of rotatable bonds is 2. The molecule has 0 aliphatic carbocycles. The van der Waals surface area contributed by atoms with Crippen molar-refractivity contribution in [3.8, 4) is 11.6 Å². The Morgan fingerprint density at radius 1 is 1.33 bits per heavy atom. The van der Waals surface area contributed by atoms with Gasteiger partial charge in [-0.05, 0) is 24.3 Å². The van der Waals surface area contributed by atoms with Crippen LogP contribution < -0.4 is 0 Å². The van der Waals surface area contributed by atoms with Crippen molar-refractivity contribution in [2.24, 2.45) is 0 Å². The first-order valence-electron chi connectivity index (χ1n) is 5.27. The summed E-state index contributed by atoms with van der Waals surface area (Å²) < 4.78 is 11.3. The molecule has 3 aromatic heterocycles. The average molecular weight is 243 g/mol. The van der Waals surface area contributed by atoms with E-state index in [2.05, 4.69) is 10.1 Å². The van der Waals surface area contributed by atoms with E-state index in [0.29, 0.717) is 22.9 Å². The highest BCUT2D eigenvalue weighted by atomic mass is 16.5. The number of aromatic nitrogens is 3. The number of nitrogens with zero attached hydrogens (tertiary/aromatic N) is 3. The van der Waals surface area contributed by atoms with Crippen LogP contribution in [0.4, 0.5) is 0 Å². The van der Waals surface area contributed by atoms with Crippen LogP contribution in [0, 0.1) is 0 Å². The molecule has 0 bridgehead atoms. The van der Waals surface area contributed by atoms with Gasteiger partial charge < -0.3 is 9.15 Å². The van der Waals surface area contributed by atoms with E-state index in [1.807, 2.05) is 0 Å². The van der Waals surface area contributed by atoms with Crippen molar-refractivity contribution in [1.82, 2.24) is 14.6 Å². The van der Waals surface area contributed by atoms with Gasteiger partial charge in [-0.1, -0.05) is 6.07 Å². The van der Waals surface area contributed by atoms with E-state index in [-0.39, 0.29) is 0 Å². The van der Waals surface area contributed by atoms with Crippen LogP contribution in [0.2, 0.25) is 0 Å². The number of carbonyl (C=O) groups excluding carboxylic acids is 1. The summed E-state index contributed by atoms with van der Waals surface area (Å²) in [4.78, 5) is 15.9. The Bertz CT molecular complexity index is 701.